The zero-order valence-corrected chi connectivity index (χ0v) is 10.5. The number of carbonyl (C=O) groups is 2. The van der Waals surface area contributed by atoms with Crippen LogP contribution in [-0.4, -0.2) is 25.2 Å². The van der Waals surface area contributed by atoms with Gasteiger partial charge >= 0.3 is 11.9 Å². The fourth-order valence-corrected chi connectivity index (χ4v) is 0.971. The van der Waals surface area contributed by atoms with Crippen molar-refractivity contribution >= 4 is 11.9 Å². The first-order chi connectivity index (χ1) is 8.07. The molecule has 96 valence electrons. The number of carbonyl (C=O) groups excluding carboxylic acids is 2. The molecular weight excluding hydrogens is 220 g/mol. The van der Waals surface area contributed by atoms with Gasteiger partial charge in [0.05, 0.1) is 0 Å². The molecule has 0 atom stereocenters. The lowest BCUT2D eigenvalue weighted by Gasteiger charge is -2.05. The largest absolute Gasteiger partial charge is 0.462 e. The van der Waals surface area contributed by atoms with Crippen molar-refractivity contribution in [2.75, 3.05) is 13.2 Å². The summed E-state index contributed by atoms with van der Waals surface area (Å²) in [6.07, 6.45) is 5.94. The Bertz CT molecular complexity index is 292. The molecule has 0 heterocycles. The Kier molecular flexibility index (Phi) is 8.74. The number of allylic oxidation sites excluding steroid dienone is 2. The highest BCUT2D eigenvalue weighted by Crippen LogP contribution is 1.96. The van der Waals surface area contributed by atoms with Crippen LogP contribution >= 0.6 is 0 Å². The van der Waals surface area contributed by atoms with Gasteiger partial charge in [0.15, 0.2) is 0 Å². The minimum absolute atomic E-state index is 0.0717. The highest BCUT2D eigenvalue weighted by Gasteiger charge is 2.04. The van der Waals surface area contributed by atoms with Crippen molar-refractivity contribution in [3.05, 3.63) is 24.3 Å². The normalized spacial score (nSPS) is 10.2. The minimum Gasteiger partial charge on any atom is -0.462 e. The average Bonchev–Trinajstić information content (AvgIpc) is 2.29. The van der Waals surface area contributed by atoms with E-state index in [1.165, 1.54) is 0 Å². The third-order valence-corrected chi connectivity index (χ3v) is 1.85. The third-order valence-electron chi connectivity index (χ3n) is 1.85. The lowest BCUT2D eigenvalue weighted by atomic mass is 10.3. The van der Waals surface area contributed by atoms with Crippen LogP contribution in [0.3, 0.4) is 0 Å². The summed E-state index contributed by atoms with van der Waals surface area (Å²) in [4.78, 5) is 22.1. The Morgan fingerprint density at radius 3 is 2.41 bits per heavy atom. The molecular formula is C13H20O4. The van der Waals surface area contributed by atoms with E-state index in [0.717, 1.165) is 6.42 Å². The Morgan fingerprint density at radius 1 is 1.18 bits per heavy atom. The number of esters is 2. The van der Waals surface area contributed by atoms with E-state index >= 15 is 0 Å². The first kappa shape index (κ1) is 15.4. The summed E-state index contributed by atoms with van der Waals surface area (Å²) in [7, 11) is 0. The van der Waals surface area contributed by atoms with Crippen LogP contribution in [0.15, 0.2) is 24.3 Å². The molecule has 0 amide bonds. The number of rotatable bonds is 8. The Morgan fingerprint density at radius 2 is 1.82 bits per heavy atom. The van der Waals surface area contributed by atoms with Crippen LogP contribution in [0.25, 0.3) is 0 Å². The van der Waals surface area contributed by atoms with E-state index in [-0.39, 0.29) is 19.2 Å². The average molecular weight is 240 g/mol. The molecule has 4 heteroatoms. The van der Waals surface area contributed by atoms with Gasteiger partial charge < -0.3 is 9.47 Å². The lowest BCUT2D eigenvalue weighted by molar-refractivity contribution is -0.150. The molecule has 0 fully saturated rings. The maximum absolute atomic E-state index is 11.2. The van der Waals surface area contributed by atoms with Gasteiger partial charge in [-0.1, -0.05) is 25.7 Å². The summed E-state index contributed by atoms with van der Waals surface area (Å²) in [6.45, 7) is 7.20. The molecule has 0 aromatic rings. The molecule has 0 saturated carbocycles. The molecule has 0 aliphatic carbocycles. The summed E-state index contributed by atoms with van der Waals surface area (Å²) >= 11 is 0. The second kappa shape index (κ2) is 9.63. The van der Waals surface area contributed by atoms with E-state index in [2.05, 4.69) is 6.58 Å². The molecule has 0 aromatic heterocycles. The molecule has 0 aliphatic rings. The predicted molar refractivity (Wildman–Crippen MR) is 65.4 cm³/mol. The molecule has 0 saturated heterocycles. The van der Waals surface area contributed by atoms with Gasteiger partial charge in [0.25, 0.3) is 0 Å². The van der Waals surface area contributed by atoms with Crippen molar-refractivity contribution in [1.29, 1.82) is 0 Å². The van der Waals surface area contributed by atoms with Crippen LogP contribution in [0.1, 0.15) is 33.1 Å². The quantitative estimate of drug-likeness (QED) is 0.283. The van der Waals surface area contributed by atoms with Crippen molar-refractivity contribution in [2.45, 2.75) is 33.1 Å². The fourth-order valence-electron chi connectivity index (χ4n) is 0.971. The second-order valence-corrected chi connectivity index (χ2v) is 3.56. The van der Waals surface area contributed by atoms with Crippen LogP contribution in [-0.2, 0) is 19.1 Å². The SMILES string of the molecule is C=C(C)C(=O)OCCOC(=O)CCC=CCC. The van der Waals surface area contributed by atoms with E-state index in [1.807, 2.05) is 19.1 Å². The fraction of sp³-hybridized carbons (Fsp3) is 0.538. The first-order valence-corrected chi connectivity index (χ1v) is 5.71. The van der Waals surface area contributed by atoms with Crippen LogP contribution in [0.2, 0.25) is 0 Å². The summed E-state index contributed by atoms with van der Waals surface area (Å²) in [5.41, 5.74) is 0.334. The van der Waals surface area contributed by atoms with Gasteiger partial charge in [-0.2, -0.15) is 0 Å². The molecule has 0 aliphatic heterocycles. The van der Waals surface area contributed by atoms with Crippen molar-refractivity contribution in [3.63, 3.8) is 0 Å². The maximum Gasteiger partial charge on any atom is 0.333 e. The van der Waals surface area contributed by atoms with E-state index in [4.69, 9.17) is 9.47 Å². The highest BCUT2D eigenvalue weighted by atomic mass is 16.6. The van der Waals surface area contributed by atoms with E-state index < -0.39 is 5.97 Å². The molecule has 4 nitrogen and oxygen atoms in total. The summed E-state index contributed by atoms with van der Waals surface area (Å²) in [5, 5.41) is 0. The van der Waals surface area contributed by atoms with Crippen molar-refractivity contribution in [2.24, 2.45) is 0 Å². The van der Waals surface area contributed by atoms with Crippen molar-refractivity contribution < 1.29 is 19.1 Å². The molecule has 0 unspecified atom stereocenters. The molecule has 0 radical (unpaired) electrons. The van der Waals surface area contributed by atoms with Crippen molar-refractivity contribution in [3.8, 4) is 0 Å². The topological polar surface area (TPSA) is 52.6 Å². The highest BCUT2D eigenvalue weighted by molar-refractivity contribution is 5.86. The molecule has 0 aromatic carbocycles. The lowest BCUT2D eigenvalue weighted by Crippen LogP contribution is -2.13. The van der Waals surface area contributed by atoms with Gasteiger partial charge in [-0.05, 0) is 19.8 Å². The Labute approximate surface area is 102 Å². The van der Waals surface area contributed by atoms with Crippen LogP contribution < -0.4 is 0 Å². The predicted octanol–water partition coefficient (Wildman–Crippen LogP) is 2.40. The van der Waals surface area contributed by atoms with Crippen LogP contribution in [0.4, 0.5) is 0 Å². The zero-order chi connectivity index (χ0) is 13.1. The Balaban J connectivity index is 3.48. The third kappa shape index (κ3) is 9.35. The van der Waals surface area contributed by atoms with Gasteiger partial charge in [0, 0.05) is 12.0 Å². The van der Waals surface area contributed by atoms with E-state index in [9.17, 15) is 9.59 Å². The van der Waals surface area contributed by atoms with Gasteiger partial charge in [-0.3, -0.25) is 4.79 Å². The first-order valence-electron chi connectivity index (χ1n) is 5.71. The monoisotopic (exact) mass is 240 g/mol. The molecule has 0 bridgehead atoms. The van der Waals surface area contributed by atoms with Gasteiger partial charge in [0.1, 0.15) is 13.2 Å². The standard InChI is InChI=1S/C13H20O4/c1-4-5-6-7-8-12(14)16-9-10-17-13(15)11(2)3/h5-6H,2,4,7-10H2,1,3H3. The molecule has 0 spiro atoms. The summed E-state index contributed by atoms with van der Waals surface area (Å²) in [5.74, 6) is -0.746. The molecule has 0 rings (SSSR count). The van der Waals surface area contributed by atoms with Gasteiger partial charge in [-0.15, -0.1) is 0 Å². The minimum atomic E-state index is -0.466. The zero-order valence-electron chi connectivity index (χ0n) is 10.5. The second-order valence-electron chi connectivity index (χ2n) is 3.56. The molecule has 17 heavy (non-hydrogen) atoms. The summed E-state index contributed by atoms with van der Waals surface area (Å²) < 4.78 is 9.64. The Hall–Kier alpha value is -1.58. The van der Waals surface area contributed by atoms with Crippen LogP contribution in [0, 0.1) is 0 Å². The smallest absolute Gasteiger partial charge is 0.333 e. The molecule has 0 N–H and O–H groups in total. The van der Waals surface area contributed by atoms with Crippen LogP contribution in [0.5, 0.6) is 0 Å². The number of ether oxygens (including phenoxy) is 2. The van der Waals surface area contributed by atoms with E-state index in [0.29, 0.717) is 18.4 Å². The van der Waals surface area contributed by atoms with Crippen molar-refractivity contribution in [1.82, 2.24) is 0 Å². The number of hydrogen-bond acceptors (Lipinski definition) is 4. The van der Waals surface area contributed by atoms with E-state index in [1.54, 1.807) is 6.92 Å². The summed E-state index contributed by atoms with van der Waals surface area (Å²) in [6, 6.07) is 0. The van der Waals surface area contributed by atoms with Gasteiger partial charge in [0.2, 0.25) is 0 Å². The number of hydrogen-bond donors (Lipinski definition) is 0. The van der Waals surface area contributed by atoms with Gasteiger partial charge in [-0.25, -0.2) is 4.79 Å². The maximum atomic E-state index is 11.2.